The lowest BCUT2D eigenvalue weighted by Crippen LogP contribution is -2.40. The monoisotopic (exact) mass is 241 g/mol. The van der Waals surface area contributed by atoms with E-state index in [4.69, 9.17) is 9.84 Å². The van der Waals surface area contributed by atoms with Crippen molar-refractivity contribution in [3.05, 3.63) is 11.6 Å². The van der Waals surface area contributed by atoms with Crippen molar-refractivity contribution in [2.24, 2.45) is 0 Å². The van der Waals surface area contributed by atoms with Gasteiger partial charge in [0.2, 0.25) is 0 Å². The molecule has 0 radical (unpaired) electrons. The quantitative estimate of drug-likeness (QED) is 0.776. The predicted molar refractivity (Wildman–Crippen MR) is 62.7 cm³/mol. The first-order valence-electron chi connectivity index (χ1n) is 5.70. The lowest BCUT2D eigenvalue weighted by molar-refractivity contribution is -0.133. The number of amides is 1. The summed E-state index contributed by atoms with van der Waals surface area (Å²) in [5, 5.41) is 11.6. The van der Waals surface area contributed by atoms with Gasteiger partial charge in [-0.3, -0.25) is 0 Å². The summed E-state index contributed by atoms with van der Waals surface area (Å²) in [5.41, 5.74) is -0.179. The lowest BCUT2D eigenvalue weighted by Gasteiger charge is -2.25. The number of carboxylic acid groups (broad SMARTS) is 1. The van der Waals surface area contributed by atoms with Crippen molar-refractivity contribution in [1.29, 1.82) is 0 Å². The molecule has 0 saturated heterocycles. The molecule has 0 fully saturated rings. The van der Waals surface area contributed by atoms with E-state index in [2.05, 4.69) is 5.32 Å². The molecular formula is C12H19NO4. The van der Waals surface area contributed by atoms with Crippen molar-refractivity contribution in [2.75, 3.05) is 0 Å². The van der Waals surface area contributed by atoms with Gasteiger partial charge in [-0.2, -0.15) is 0 Å². The zero-order valence-electron chi connectivity index (χ0n) is 10.4. The van der Waals surface area contributed by atoms with Gasteiger partial charge in [0.05, 0.1) is 0 Å². The Bertz CT molecular complexity index is 341. The van der Waals surface area contributed by atoms with Gasteiger partial charge >= 0.3 is 12.1 Å². The SMILES string of the molecule is CC(C)(C)OC(=O)NC1CCC=C(C(=O)O)C1. The molecule has 0 saturated carbocycles. The van der Waals surface area contributed by atoms with Crippen LogP contribution in [-0.2, 0) is 9.53 Å². The van der Waals surface area contributed by atoms with Crippen molar-refractivity contribution in [3.8, 4) is 0 Å². The van der Waals surface area contributed by atoms with Crippen LogP contribution in [0, 0.1) is 0 Å². The first-order chi connectivity index (χ1) is 7.78. The zero-order valence-corrected chi connectivity index (χ0v) is 10.4. The van der Waals surface area contributed by atoms with Crippen LogP contribution in [0.1, 0.15) is 40.0 Å². The molecule has 1 unspecified atom stereocenters. The Balaban J connectivity index is 2.46. The van der Waals surface area contributed by atoms with Gasteiger partial charge in [0.15, 0.2) is 0 Å². The summed E-state index contributed by atoms with van der Waals surface area (Å²) in [6.45, 7) is 5.36. The molecule has 0 bridgehead atoms. The van der Waals surface area contributed by atoms with Crippen LogP contribution in [0.2, 0.25) is 0 Å². The molecule has 0 aromatic carbocycles. The van der Waals surface area contributed by atoms with Crippen molar-refractivity contribution in [2.45, 2.75) is 51.7 Å². The highest BCUT2D eigenvalue weighted by atomic mass is 16.6. The van der Waals surface area contributed by atoms with Crippen LogP contribution in [0.25, 0.3) is 0 Å². The molecule has 17 heavy (non-hydrogen) atoms. The number of alkyl carbamates (subject to hydrolysis) is 1. The van der Waals surface area contributed by atoms with E-state index < -0.39 is 17.7 Å². The van der Waals surface area contributed by atoms with Gasteiger partial charge in [0.25, 0.3) is 0 Å². The second-order valence-electron chi connectivity index (χ2n) is 5.16. The minimum atomic E-state index is -0.916. The van der Waals surface area contributed by atoms with Crippen molar-refractivity contribution >= 4 is 12.1 Å². The normalized spacial score (nSPS) is 20.4. The van der Waals surface area contributed by atoms with Crippen LogP contribution in [0.15, 0.2) is 11.6 Å². The van der Waals surface area contributed by atoms with Gasteiger partial charge in [0, 0.05) is 11.6 Å². The molecule has 96 valence electrons. The number of carboxylic acids is 1. The summed E-state index contributed by atoms with van der Waals surface area (Å²) in [6.07, 6.45) is 2.98. The molecule has 1 amide bonds. The van der Waals surface area contributed by atoms with E-state index in [9.17, 15) is 9.59 Å². The molecule has 1 atom stereocenters. The standard InChI is InChI=1S/C12H19NO4/c1-12(2,3)17-11(16)13-9-6-4-5-8(7-9)10(14)15/h5,9H,4,6-7H2,1-3H3,(H,13,16)(H,14,15). The maximum absolute atomic E-state index is 11.5. The molecule has 0 aromatic rings. The number of rotatable bonds is 2. The summed E-state index contributed by atoms with van der Waals surface area (Å²) in [5.74, 6) is -0.916. The van der Waals surface area contributed by atoms with Crippen molar-refractivity contribution < 1.29 is 19.4 Å². The summed E-state index contributed by atoms with van der Waals surface area (Å²) in [4.78, 5) is 22.3. The number of ether oxygens (including phenoxy) is 1. The van der Waals surface area contributed by atoms with E-state index in [1.807, 2.05) is 0 Å². The van der Waals surface area contributed by atoms with Gasteiger partial charge in [0.1, 0.15) is 5.60 Å². The Morgan fingerprint density at radius 2 is 2.12 bits per heavy atom. The van der Waals surface area contributed by atoms with Crippen LogP contribution >= 0.6 is 0 Å². The summed E-state index contributed by atoms with van der Waals surface area (Å²) in [6, 6.07) is -0.152. The molecule has 2 N–H and O–H groups in total. The number of carbonyl (C=O) groups is 2. The number of hydrogen-bond donors (Lipinski definition) is 2. The topological polar surface area (TPSA) is 75.6 Å². The maximum Gasteiger partial charge on any atom is 0.407 e. The van der Waals surface area contributed by atoms with Gasteiger partial charge in [-0.25, -0.2) is 9.59 Å². The third kappa shape index (κ3) is 4.89. The largest absolute Gasteiger partial charge is 0.478 e. The molecular weight excluding hydrogens is 222 g/mol. The van der Waals surface area contributed by atoms with E-state index in [1.54, 1.807) is 26.8 Å². The lowest BCUT2D eigenvalue weighted by atomic mass is 9.95. The molecule has 0 aromatic heterocycles. The molecule has 1 rings (SSSR count). The molecule has 1 aliphatic rings. The molecule has 0 heterocycles. The first-order valence-corrected chi connectivity index (χ1v) is 5.70. The average Bonchev–Trinajstić information content (AvgIpc) is 2.14. The van der Waals surface area contributed by atoms with Crippen LogP contribution < -0.4 is 5.32 Å². The van der Waals surface area contributed by atoms with Crippen LogP contribution in [0.4, 0.5) is 4.79 Å². The number of hydrogen-bond acceptors (Lipinski definition) is 3. The summed E-state index contributed by atoms with van der Waals surface area (Å²) < 4.78 is 5.12. The molecule has 5 nitrogen and oxygen atoms in total. The highest BCUT2D eigenvalue weighted by molar-refractivity contribution is 5.87. The Morgan fingerprint density at radius 1 is 1.47 bits per heavy atom. The zero-order chi connectivity index (χ0) is 13.1. The average molecular weight is 241 g/mol. The third-order valence-corrected chi connectivity index (χ3v) is 2.37. The minimum Gasteiger partial charge on any atom is -0.478 e. The van der Waals surface area contributed by atoms with Gasteiger partial charge in [-0.05, 0) is 40.0 Å². The van der Waals surface area contributed by atoms with E-state index in [1.165, 1.54) is 0 Å². The molecule has 1 aliphatic carbocycles. The fourth-order valence-corrected chi connectivity index (χ4v) is 1.68. The molecule has 5 heteroatoms. The number of carbonyl (C=O) groups excluding carboxylic acids is 1. The Labute approximate surface area is 101 Å². The first kappa shape index (κ1) is 13.5. The van der Waals surface area contributed by atoms with E-state index >= 15 is 0 Å². The number of allylic oxidation sites excluding steroid dienone is 1. The predicted octanol–water partition coefficient (Wildman–Crippen LogP) is 2.07. The van der Waals surface area contributed by atoms with Crippen LogP contribution in [-0.4, -0.2) is 28.8 Å². The minimum absolute atomic E-state index is 0.152. The van der Waals surface area contributed by atoms with Gasteiger partial charge in [-0.15, -0.1) is 0 Å². The fourth-order valence-electron chi connectivity index (χ4n) is 1.68. The van der Waals surface area contributed by atoms with E-state index in [0.717, 1.165) is 6.42 Å². The number of aliphatic carboxylic acids is 1. The van der Waals surface area contributed by atoms with Crippen molar-refractivity contribution in [1.82, 2.24) is 5.32 Å². The second-order valence-corrected chi connectivity index (χ2v) is 5.16. The maximum atomic E-state index is 11.5. The fraction of sp³-hybridized carbons (Fsp3) is 0.667. The second kappa shape index (κ2) is 5.21. The van der Waals surface area contributed by atoms with Crippen LogP contribution in [0.3, 0.4) is 0 Å². The highest BCUT2D eigenvalue weighted by Gasteiger charge is 2.23. The molecule has 0 aliphatic heterocycles. The smallest absolute Gasteiger partial charge is 0.407 e. The molecule has 0 spiro atoms. The highest BCUT2D eigenvalue weighted by Crippen LogP contribution is 2.19. The van der Waals surface area contributed by atoms with E-state index in [-0.39, 0.29) is 6.04 Å². The Kier molecular flexibility index (Phi) is 4.15. The summed E-state index contributed by atoms with van der Waals surface area (Å²) in [7, 11) is 0. The van der Waals surface area contributed by atoms with E-state index in [0.29, 0.717) is 18.4 Å². The third-order valence-electron chi connectivity index (χ3n) is 2.37. The number of nitrogens with one attached hydrogen (secondary N) is 1. The Hall–Kier alpha value is -1.52. The van der Waals surface area contributed by atoms with Gasteiger partial charge in [-0.1, -0.05) is 6.08 Å². The van der Waals surface area contributed by atoms with Crippen LogP contribution in [0.5, 0.6) is 0 Å². The van der Waals surface area contributed by atoms with Gasteiger partial charge < -0.3 is 15.2 Å². The van der Waals surface area contributed by atoms with Crippen molar-refractivity contribution in [3.63, 3.8) is 0 Å². The Morgan fingerprint density at radius 3 is 2.65 bits per heavy atom. The summed E-state index contributed by atoms with van der Waals surface area (Å²) >= 11 is 0.